The second kappa shape index (κ2) is 6.48. The van der Waals surface area contributed by atoms with Crippen LogP contribution in [0.2, 0.25) is 0 Å². The summed E-state index contributed by atoms with van der Waals surface area (Å²) in [7, 11) is 0. The van der Waals surface area contributed by atoms with Gasteiger partial charge in [-0.3, -0.25) is 0 Å². The summed E-state index contributed by atoms with van der Waals surface area (Å²) in [6, 6.07) is 14.6. The molecule has 0 bridgehead atoms. The summed E-state index contributed by atoms with van der Waals surface area (Å²) in [5.41, 5.74) is 2.59. The number of anilines is 1. The van der Waals surface area contributed by atoms with E-state index in [9.17, 15) is 5.11 Å². The summed E-state index contributed by atoms with van der Waals surface area (Å²) in [5, 5.41) is 21.6. The highest BCUT2D eigenvalue weighted by Crippen LogP contribution is 2.27. The Morgan fingerprint density at radius 1 is 1.20 bits per heavy atom. The lowest BCUT2D eigenvalue weighted by atomic mass is 10.2. The van der Waals surface area contributed by atoms with Gasteiger partial charge < -0.3 is 15.2 Å². The third-order valence-electron chi connectivity index (χ3n) is 2.83. The molecule has 2 aromatic carbocycles. The van der Waals surface area contributed by atoms with Gasteiger partial charge in [0.1, 0.15) is 0 Å². The second-order valence-electron chi connectivity index (χ2n) is 4.28. The number of ether oxygens (including phenoxy) is 1. The van der Waals surface area contributed by atoms with Gasteiger partial charge in [-0.25, -0.2) is 0 Å². The molecule has 0 heterocycles. The maximum Gasteiger partial charge on any atom is 0.161 e. The molecule has 102 valence electrons. The van der Waals surface area contributed by atoms with E-state index in [2.05, 4.69) is 11.4 Å². The van der Waals surface area contributed by atoms with Crippen molar-refractivity contribution in [2.24, 2.45) is 0 Å². The Hall–Kier alpha value is -2.67. The molecule has 0 saturated carbocycles. The zero-order valence-electron chi connectivity index (χ0n) is 11.3. The molecule has 2 aromatic rings. The lowest BCUT2D eigenvalue weighted by Crippen LogP contribution is -2.00. The van der Waals surface area contributed by atoms with Crippen molar-refractivity contribution in [1.82, 2.24) is 0 Å². The number of nitriles is 1. The number of phenols is 1. The van der Waals surface area contributed by atoms with E-state index in [1.165, 1.54) is 0 Å². The van der Waals surface area contributed by atoms with Crippen molar-refractivity contribution in [2.45, 2.75) is 13.5 Å². The Labute approximate surface area is 118 Å². The summed E-state index contributed by atoms with van der Waals surface area (Å²) >= 11 is 0. The Bertz CT molecular complexity index is 615. The molecule has 2 N–H and O–H groups in total. The highest BCUT2D eigenvalue weighted by Gasteiger charge is 2.03. The Kier molecular flexibility index (Phi) is 4.46. The molecule has 0 radical (unpaired) electrons. The van der Waals surface area contributed by atoms with Gasteiger partial charge in [0.05, 0.1) is 18.2 Å². The van der Waals surface area contributed by atoms with Gasteiger partial charge in [0.15, 0.2) is 11.5 Å². The van der Waals surface area contributed by atoms with Gasteiger partial charge in [-0.15, -0.1) is 0 Å². The molecule has 0 atom stereocenters. The first kappa shape index (κ1) is 13.8. The van der Waals surface area contributed by atoms with Crippen LogP contribution in [-0.4, -0.2) is 11.7 Å². The van der Waals surface area contributed by atoms with Crippen molar-refractivity contribution in [2.75, 3.05) is 11.9 Å². The lowest BCUT2D eigenvalue weighted by Gasteiger charge is -2.10. The van der Waals surface area contributed by atoms with Crippen LogP contribution < -0.4 is 10.1 Å². The predicted octanol–water partition coefficient (Wildman–Crippen LogP) is 3.27. The van der Waals surface area contributed by atoms with Crippen LogP contribution >= 0.6 is 0 Å². The molecule has 20 heavy (non-hydrogen) atoms. The first-order valence-electron chi connectivity index (χ1n) is 6.41. The van der Waals surface area contributed by atoms with Crippen molar-refractivity contribution in [1.29, 1.82) is 5.26 Å². The zero-order valence-corrected chi connectivity index (χ0v) is 11.3. The van der Waals surface area contributed by atoms with Crippen LogP contribution in [-0.2, 0) is 6.54 Å². The van der Waals surface area contributed by atoms with Crippen LogP contribution in [0.1, 0.15) is 18.1 Å². The van der Waals surface area contributed by atoms with Gasteiger partial charge in [-0.1, -0.05) is 6.07 Å². The number of benzene rings is 2. The van der Waals surface area contributed by atoms with E-state index in [1.807, 2.05) is 31.2 Å². The molecular weight excluding hydrogens is 252 g/mol. The average Bonchev–Trinajstić information content (AvgIpc) is 2.49. The van der Waals surface area contributed by atoms with Crippen molar-refractivity contribution >= 4 is 5.69 Å². The fourth-order valence-electron chi connectivity index (χ4n) is 1.81. The number of phenolic OH excluding ortho intramolecular Hbond substituents is 1. The van der Waals surface area contributed by atoms with Gasteiger partial charge in [0.2, 0.25) is 0 Å². The molecule has 0 aliphatic heterocycles. The molecule has 4 nitrogen and oxygen atoms in total. The molecule has 0 saturated heterocycles. The van der Waals surface area contributed by atoms with E-state index in [0.29, 0.717) is 24.5 Å². The summed E-state index contributed by atoms with van der Waals surface area (Å²) in [5.74, 6) is 0.639. The molecule has 0 aromatic heterocycles. The van der Waals surface area contributed by atoms with Crippen LogP contribution in [0.4, 0.5) is 5.69 Å². The van der Waals surface area contributed by atoms with E-state index >= 15 is 0 Å². The molecule has 4 heteroatoms. The molecule has 0 unspecified atom stereocenters. The van der Waals surface area contributed by atoms with Gasteiger partial charge in [-0.2, -0.15) is 5.26 Å². The third kappa shape index (κ3) is 3.42. The number of hydrogen-bond donors (Lipinski definition) is 2. The minimum atomic E-state index is 0.147. The topological polar surface area (TPSA) is 65.3 Å². The first-order valence-corrected chi connectivity index (χ1v) is 6.41. The van der Waals surface area contributed by atoms with Crippen LogP contribution in [0.5, 0.6) is 11.5 Å². The fourth-order valence-corrected chi connectivity index (χ4v) is 1.81. The van der Waals surface area contributed by atoms with Gasteiger partial charge in [-0.05, 0) is 48.9 Å². The Morgan fingerprint density at radius 2 is 1.95 bits per heavy atom. The number of nitrogens with zero attached hydrogens (tertiary/aromatic N) is 1. The standard InChI is InChI=1S/C16H16N2O2/c1-2-20-16-9-13(5-8-15(16)19)11-18-14-6-3-12(10-17)4-7-14/h3-9,18-19H,2,11H2,1H3. The van der Waals surface area contributed by atoms with Crippen LogP contribution in [0.15, 0.2) is 42.5 Å². The minimum absolute atomic E-state index is 0.147. The molecule has 0 spiro atoms. The van der Waals surface area contributed by atoms with Gasteiger partial charge in [0.25, 0.3) is 0 Å². The molecule has 0 aliphatic rings. The maximum absolute atomic E-state index is 9.63. The average molecular weight is 268 g/mol. The summed E-state index contributed by atoms with van der Waals surface area (Å²) in [6.07, 6.45) is 0. The zero-order chi connectivity index (χ0) is 14.4. The highest BCUT2D eigenvalue weighted by molar-refractivity contribution is 5.48. The van der Waals surface area contributed by atoms with Crippen LogP contribution in [0.25, 0.3) is 0 Å². The first-order chi connectivity index (χ1) is 9.72. The molecule has 2 rings (SSSR count). The van der Waals surface area contributed by atoms with Crippen LogP contribution in [0.3, 0.4) is 0 Å². The Balaban J connectivity index is 2.03. The molecule has 0 aliphatic carbocycles. The van der Waals surface area contributed by atoms with E-state index in [1.54, 1.807) is 18.2 Å². The molecule has 0 amide bonds. The van der Waals surface area contributed by atoms with E-state index < -0.39 is 0 Å². The minimum Gasteiger partial charge on any atom is -0.504 e. The van der Waals surface area contributed by atoms with Gasteiger partial charge in [0, 0.05) is 12.2 Å². The SMILES string of the molecule is CCOc1cc(CNc2ccc(C#N)cc2)ccc1O. The van der Waals surface area contributed by atoms with Crippen molar-refractivity contribution in [3.63, 3.8) is 0 Å². The highest BCUT2D eigenvalue weighted by atomic mass is 16.5. The van der Waals surface area contributed by atoms with Crippen LogP contribution in [0, 0.1) is 11.3 Å². The van der Waals surface area contributed by atoms with Crippen molar-refractivity contribution in [3.8, 4) is 17.6 Å². The smallest absolute Gasteiger partial charge is 0.161 e. The fraction of sp³-hybridized carbons (Fsp3) is 0.188. The second-order valence-corrected chi connectivity index (χ2v) is 4.28. The van der Waals surface area contributed by atoms with Crippen molar-refractivity contribution in [3.05, 3.63) is 53.6 Å². The maximum atomic E-state index is 9.63. The van der Waals surface area contributed by atoms with E-state index in [-0.39, 0.29) is 5.75 Å². The summed E-state index contributed by atoms with van der Waals surface area (Å²) in [6.45, 7) is 3.01. The number of nitrogens with one attached hydrogen (secondary N) is 1. The summed E-state index contributed by atoms with van der Waals surface area (Å²) in [4.78, 5) is 0. The van der Waals surface area contributed by atoms with Gasteiger partial charge >= 0.3 is 0 Å². The normalized spacial score (nSPS) is 9.80. The lowest BCUT2D eigenvalue weighted by molar-refractivity contribution is 0.318. The van der Waals surface area contributed by atoms with E-state index in [0.717, 1.165) is 11.3 Å². The number of hydrogen-bond acceptors (Lipinski definition) is 4. The Morgan fingerprint density at radius 3 is 2.60 bits per heavy atom. The summed E-state index contributed by atoms with van der Waals surface area (Å²) < 4.78 is 5.35. The number of aromatic hydroxyl groups is 1. The third-order valence-corrected chi connectivity index (χ3v) is 2.83. The molecule has 0 fully saturated rings. The largest absolute Gasteiger partial charge is 0.504 e. The van der Waals surface area contributed by atoms with E-state index in [4.69, 9.17) is 10.00 Å². The number of rotatable bonds is 5. The van der Waals surface area contributed by atoms with Crippen molar-refractivity contribution < 1.29 is 9.84 Å². The quantitative estimate of drug-likeness (QED) is 0.873. The molecular formula is C16H16N2O2. The monoisotopic (exact) mass is 268 g/mol. The predicted molar refractivity (Wildman–Crippen MR) is 77.8 cm³/mol.